The molecule has 4 rings (SSSR count). The van der Waals surface area contributed by atoms with Crippen molar-refractivity contribution in [2.75, 3.05) is 18.4 Å². The van der Waals surface area contributed by atoms with Crippen LogP contribution in [0.3, 0.4) is 0 Å². The van der Waals surface area contributed by atoms with Gasteiger partial charge in [0.15, 0.2) is 5.82 Å². The van der Waals surface area contributed by atoms with Gasteiger partial charge < -0.3 is 5.32 Å². The van der Waals surface area contributed by atoms with Crippen molar-refractivity contribution in [3.05, 3.63) is 54.6 Å². The minimum absolute atomic E-state index is 0.338. The van der Waals surface area contributed by atoms with E-state index in [1.807, 2.05) is 6.07 Å². The van der Waals surface area contributed by atoms with Gasteiger partial charge in [-0.3, -0.25) is 20.0 Å². The van der Waals surface area contributed by atoms with Gasteiger partial charge in [-0.1, -0.05) is 0 Å². The number of aromatic nitrogens is 6. The first-order valence-electron chi connectivity index (χ1n) is 8.43. The molecule has 0 saturated carbocycles. The van der Waals surface area contributed by atoms with E-state index in [0.717, 1.165) is 49.7 Å². The van der Waals surface area contributed by atoms with Crippen LogP contribution in [0.4, 0.5) is 11.6 Å². The minimum atomic E-state index is 0.338. The van der Waals surface area contributed by atoms with Gasteiger partial charge >= 0.3 is 0 Å². The van der Waals surface area contributed by atoms with Gasteiger partial charge in [-0.25, -0.2) is 9.97 Å². The van der Waals surface area contributed by atoms with Crippen LogP contribution in [-0.4, -0.2) is 48.1 Å². The molecular weight excluding hydrogens is 316 g/mol. The highest BCUT2D eigenvalue weighted by atomic mass is 15.2. The number of hydrogen-bond donors (Lipinski definition) is 2. The maximum Gasteiger partial charge on any atom is 0.153 e. The van der Waals surface area contributed by atoms with Gasteiger partial charge in [0, 0.05) is 55.7 Å². The van der Waals surface area contributed by atoms with Crippen LogP contribution in [0.2, 0.25) is 0 Å². The molecule has 0 unspecified atom stereocenters. The third kappa shape index (κ3) is 3.80. The molecular formula is C17H20N8. The lowest BCUT2D eigenvalue weighted by atomic mass is 9.94. The summed E-state index contributed by atoms with van der Waals surface area (Å²) in [4.78, 5) is 19.9. The highest BCUT2D eigenvalue weighted by Crippen LogP contribution is 2.30. The molecule has 1 saturated heterocycles. The smallest absolute Gasteiger partial charge is 0.153 e. The molecule has 25 heavy (non-hydrogen) atoms. The van der Waals surface area contributed by atoms with Gasteiger partial charge in [0.1, 0.15) is 5.82 Å². The highest BCUT2D eigenvalue weighted by Gasteiger charge is 2.25. The normalized spacial score (nSPS) is 18.2. The molecule has 8 nitrogen and oxygen atoms in total. The summed E-state index contributed by atoms with van der Waals surface area (Å²) in [5, 5.41) is 10.3. The molecule has 128 valence electrons. The summed E-state index contributed by atoms with van der Waals surface area (Å²) >= 11 is 0. The number of H-pyrrole nitrogens is 1. The minimum Gasteiger partial charge on any atom is -0.322 e. The average Bonchev–Trinajstić information content (AvgIpc) is 3.16. The molecule has 2 N–H and O–H groups in total. The summed E-state index contributed by atoms with van der Waals surface area (Å²) in [6.45, 7) is 2.92. The zero-order valence-electron chi connectivity index (χ0n) is 13.8. The molecule has 1 aliphatic heterocycles. The summed E-state index contributed by atoms with van der Waals surface area (Å²) in [5.41, 5.74) is 2.13. The molecule has 0 bridgehead atoms. The van der Waals surface area contributed by atoms with E-state index < -0.39 is 0 Å². The van der Waals surface area contributed by atoms with Crippen molar-refractivity contribution >= 4 is 11.6 Å². The average molecular weight is 336 g/mol. The fourth-order valence-electron chi connectivity index (χ4n) is 3.26. The fourth-order valence-corrected chi connectivity index (χ4v) is 3.26. The molecule has 0 aromatic carbocycles. The standard InChI is InChI=1S/C17H20N8/c1-2-13(11-25(9-1)12-14-3-4-22-24-14)16-17(21-8-7-20-16)23-15-10-18-5-6-19-15/h3-8,10,13H,1-2,9,11-12H2,(H,22,24)(H,19,21,23)/t13-/m1/s1. The Bertz CT molecular complexity index is 789. The lowest BCUT2D eigenvalue weighted by Crippen LogP contribution is -2.34. The molecule has 4 heterocycles. The summed E-state index contributed by atoms with van der Waals surface area (Å²) < 4.78 is 0. The second-order valence-corrected chi connectivity index (χ2v) is 6.16. The molecule has 0 spiro atoms. The van der Waals surface area contributed by atoms with Crippen LogP contribution in [0.25, 0.3) is 0 Å². The van der Waals surface area contributed by atoms with E-state index in [2.05, 4.69) is 40.3 Å². The number of anilines is 2. The number of aromatic amines is 1. The predicted molar refractivity (Wildman–Crippen MR) is 93.2 cm³/mol. The van der Waals surface area contributed by atoms with Gasteiger partial charge in [-0.15, -0.1) is 0 Å². The molecule has 0 aliphatic carbocycles. The molecule has 1 atom stereocenters. The SMILES string of the molecule is c1cnc(Nc2nccnc2[C@@H]2CCCN(Cc3ccn[nH]3)C2)cn1. The zero-order chi connectivity index (χ0) is 16.9. The van der Waals surface area contributed by atoms with E-state index in [9.17, 15) is 0 Å². The van der Waals surface area contributed by atoms with Crippen LogP contribution < -0.4 is 5.32 Å². The van der Waals surface area contributed by atoms with Crippen molar-refractivity contribution in [3.8, 4) is 0 Å². The molecule has 3 aromatic heterocycles. The van der Waals surface area contributed by atoms with Crippen LogP contribution in [0.5, 0.6) is 0 Å². The van der Waals surface area contributed by atoms with Crippen LogP contribution in [0.1, 0.15) is 30.1 Å². The van der Waals surface area contributed by atoms with Crippen LogP contribution >= 0.6 is 0 Å². The van der Waals surface area contributed by atoms with E-state index in [-0.39, 0.29) is 0 Å². The van der Waals surface area contributed by atoms with Crippen molar-refractivity contribution in [2.45, 2.75) is 25.3 Å². The monoisotopic (exact) mass is 336 g/mol. The van der Waals surface area contributed by atoms with Gasteiger partial charge in [-0.05, 0) is 25.5 Å². The van der Waals surface area contributed by atoms with Crippen LogP contribution in [-0.2, 0) is 6.54 Å². The highest BCUT2D eigenvalue weighted by molar-refractivity contribution is 5.53. The second-order valence-electron chi connectivity index (χ2n) is 6.16. The second kappa shape index (κ2) is 7.35. The Kier molecular flexibility index (Phi) is 4.60. The Morgan fingerprint density at radius 2 is 2.04 bits per heavy atom. The summed E-state index contributed by atoms with van der Waals surface area (Å²) in [6, 6.07) is 2.02. The van der Waals surface area contributed by atoms with E-state index in [1.165, 1.54) is 0 Å². The van der Waals surface area contributed by atoms with E-state index in [0.29, 0.717) is 11.7 Å². The Morgan fingerprint density at radius 3 is 2.88 bits per heavy atom. The summed E-state index contributed by atoms with van der Waals surface area (Å²) in [7, 11) is 0. The quantitative estimate of drug-likeness (QED) is 0.736. The maximum absolute atomic E-state index is 4.61. The van der Waals surface area contributed by atoms with E-state index >= 15 is 0 Å². The van der Waals surface area contributed by atoms with Gasteiger partial charge in [0.2, 0.25) is 0 Å². The summed E-state index contributed by atoms with van der Waals surface area (Å²) in [6.07, 6.45) is 12.5. The van der Waals surface area contributed by atoms with Gasteiger partial charge in [0.25, 0.3) is 0 Å². The van der Waals surface area contributed by atoms with Crippen LogP contribution in [0.15, 0.2) is 43.2 Å². The Hall–Kier alpha value is -2.87. The topological polar surface area (TPSA) is 95.5 Å². The largest absolute Gasteiger partial charge is 0.322 e. The Balaban J connectivity index is 1.51. The zero-order valence-corrected chi connectivity index (χ0v) is 13.8. The van der Waals surface area contributed by atoms with Crippen molar-refractivity contribution in [1.82, 2.24) is 35.0 Å². The fraction of sp³-hybridized carbons (Fsp3) is 0.353. The molecule has 1 aliphatic rings. The third-order valence-electron chi connectivity index (χ3n) is 4.38. The Morgan fingerprint density at radius 1 is 1.12 bits per heavy atom. The van der Waals surface area contributed by atoms with Crippen molar-refractivity contribution in [2.24, 2.45) is 0 Å². The van der Waals surface area contributed by atoms with Gasteiger partial charge in [0.05, 0.1) is 11.9 Å². The number of nitrogens with one attached hydrogen (secondary N) is 2. The van der Waals surface area contributed by atoms with Crippen molar-refractivity contribution < 1.29 is 0 Å². The predicted octanol–water partition coefficient (Wildman–Crippen LogP) is 2.11. The Labute approximate surface area is 145 Å². The number of rotatable bonds is 5. The first-order chi connectivity index (χ1) is 12.4. The molecule has 1 fully saturated rings. The van der Waals surface area contributed by atoms with Crippen molar-refractivity contribution in [3.63, 3.8) is 0 Å². The number of piperidine rings is 1. The first kappa shape index (κ1) is 15.6. The van der Waals surface area contributed by atoms with E-state index in [4.69, 9.17) is 0 Å². The number of nitrogens with zero attached hydrogens (tertiary/aromatic N) is 6. The molecule has 0 radical (unpaired) electrons. The lowest BCUT2D eigenvalue weighted by Gasteiger charge is -2.32. The molecule has 8 heteroatoms. The number of hydrogen-bond acceptors (Lipinski definition) is 7. The first-order valence-corrected chi connectivity index (χ1v) is 8.43. The number of likely N-dealkylation sites (tertiary alicyclic amines) is 1. The van der Waals surface area contributed by atoms with Crippen molar-refractivity contribution in [1.29, 1.82) is 0 Å². The van der Waals surface area contributed by atoms with Crippen LogP contribution in [0, 0.1) is 0 Å². The van der Waals surface area contributed by atoms with Gasteiger partial charge in [-0.2, -0.15) is 5.10 Å². The maximum atomic E-state index is 4.61. The molecule has 0 amide bonds. The lowest BCUT2D eigenvalue weighted by molar-refractivity contribution is 0.196. The summed E-state index contributed by atoms with van der Waals surface area (Å²) in [5.74, 6) is 1.77. The van der Waals surface area contributed by atoms with E-state index in [1.54, 1.807) is 37.2 Å². The third-order valence-corrected chi connectivity index (χ3v) is 4.38. The molecule has 3 aromatic rings.